The van der Waals surface area contributed by atoms with Crippen LogP contribution in [0.3, 0.4) is 0 Å². The van der Waals surface area contributed by atoms with Gasteiger partial charge in [0.05, 0.1) is 24.8 Å². The number of hydrogen-bond acceptors (Lipinski definition) is 5. The first-order chi connectivity index (χ1) is 11.8. The molecule has 0 N–H and O–H groups in total. The van der Waals surface area contributed by atoms with Crippen molar-refractivity contribution in [1.82, 2.24) is 0 Å². The molecule has 6 nitrogen and oxygen atoms in total. The van der Waals surface area contributed by atoms with Gasteiger partial charge in [-0.05, 0) is 48.0 Å². The first-order valence-corrected chi connectivity index (χ1v) is 9.59. The maximum Gasteiger partial charge on any atom is 0.264 e. The molecule has 0 bridgehead atoms. The number of carbonyl (C=O) groups excluding carboxylic acids is 1. The quantitative estimate of drug-likeness (QED) is 0.607. The molecule has 0 atom stereocenters. The summed E-state index contributed by atoms with van der Waals surface area (Å²) in [5.41, 5.74) is 0.181. The van der Waals surface area contributed by atoms with Crippen LogP contribution in [-0.4, -0.2) is 34.4 Å². The third-order valence-corrected chi connectivity index (χ3v) is 5.75. The van der Waals surface area contributed by atoms with E-state index in [9.17, 15) is 13.2 Å². The highest BCUT2D eigenvalue weighted by Gasteiger charge is 2.29. The summed E-state index contributed by atoms with van der Waals surface area (Å²) in [6.45, 7) is -0.539. The maximum absolute atomic E-state index is 13.0. The fourth-order valence-corrected chi connectivity index (χ4v) is 4.02. The molecule has 0 aliphatic heterocycles. The van der Waals surface area contributed by atoms with E-state index in [1.54, 1.807) is 18.2 Å². The zero-order valence-corrected chi connectivity index (χ0v) is 16.6. The predicted octanol–water partition coefficient (Wildman–Crippen LogP) is 3.43. The molecule has 0 spiro atoms. The molecule has 0 amide bonds. The molecule has 9 heteroatoms. The number of benzene rings is 2. The molecule has 2 aromatic rings. The number of halogens is 2. The number of sulfonamides is 1. The van der Waals surface area contributed by atoms with E-state index < -0.39 is 21.8 Å². The van der Waals surface area contributed by atoms with E-state index in [0.717, 1.165) is 8.78 Å². The van der Waals surface area contributed by atoms with E-state index in [2.05, 4.69) is 15.9 Å². The third kappa shape index (κ3) is 4.45. The smallest absolute Gasteiger partial charge is 0.264 e. The lowest BCUT2D eigenvalue weighted by atomic mass is 10.2. The molecular formula is C16H15BrClNO5S. The van der Waals surface area contributed by atoms with Gasteiger partial charge in [0.15, 0.2) is 0 Å². The lowest BCUT2D eigenvalue weighted by Gasteiger charge is -2.25. The lowest BCUT2D eigenvalue weighted by Crippen LogP contribution is -2.34. The molecular weight excluding hydrogens is 434 g/mol. The van der Waals surface area contributed by atoms with Crippen molar-refractivity contribution < 1.29 is 22.7 Å². The first-order valence-electron chi connectivity index (χ1n) is 6.98. The number of rotatable bonds is 7. The van der Waals surface area contributed by atoms with Gasteiger partial charge >= 0.3 is 0 Å². The van der Waals surface area contributed by atoms with Crippen LogP contribution in [0.4, 0.5) is 5.69 Å². The molecule has 0 aliphatic carbocycles. The van der Waals surface area contributed by atoms with Gasteiger partial charge in [-0.1, -0.05) is 15.9 Å². The minimum Gasteiger partial charge on any atom is -0.497 e. The van der Waals surface area contributed by atoms with Crippen molar-refractivity contribution in [3.8, 4) is 11.5 Å². The average molecular weight is 449 g/mol. The SMILES string of the molecule is COc1ccc(N(CC(=O)Cl)S(=O)(=O)c2ccc(Br)cc2)c(OC)c1. The summed E-state index contributed by atoms with van der Waals surface area (Å²) in [5.74, 6) is 0.719. The number of nitrogens with zero attached hydrogens (tertiary/aromatic N) is 1. The second kappa shape index (κ2) is 8.07. The number of hydrogen-bond donors (Lipinski definition) is 0. The Morgan fingerprint density at radius 3 is 2.28 bits per heavy atom. The van der Waals surface area contributed by atoms with E-state index in [-0.39, 0.29) is 16.3 Å². The van der Waals surface area contributed by atoms with Crippen molar-refractivity contribution in [1.29, 1.82) is 0 Å². The normalized spacial score (nSPS) is 11.0. The van der Waals surface area contributed by atoms with E-state index in [0.29, 0.717) is 5.75 Å². The maximum atomic E-state index is 13.0. The van der Waals surface area contributed by atoms with Gasteiger partial charge in [0, 0.05) is 10.5 Å². The molecule has 0 heterocycles. The Morgan fingerprint density at radius 1 is 1.12 bits per heavy atom. The Bertz CT molecular complexity index is 871. The summed E-state index contributed by atoms with van der Waals surface area (Å²) in [6, 6.07) is 10.6. The molecule has 0 aliphatic rings. The zero-order valence-electron chi connectivity index (χ0n) is 13.4. The van der Waals surface area contributed by atoms with Crippen LogP contribution >= 0.6 is 27.5 Å². The summed E-state index contributed by atoms with van der Waals surface area (Å²) in [4.78, 5) is 11.5. The Labute approximate surface area is 159 Å². The molecule has 0 aromatic heterocycles. The molecule has 0 fully saturated rings. The molecule has 2 aromatic carbocycles. The largest absolute Gasteiger partial charge is 0.497 e. The van der Waals surface area contributed by atoms with E-state index in [1.807, 2.05) is 0 Å². The van der Waals surface area contributed by atoms with Crippen LogP contribution in [0.1, 0.15) is 0 Å². The molecule has 0 saturated heterocycles. The topological polar surface area (TPSA) is 72.9 Å². The summed E-state index contributed by atoms with van der Waals surface area (Å²) in [7, 11) is -1.16. The van der Waals surface area contributed by atoms with Crippen LogP contribution in [0.2, 0.25) is 0 Å². The highest BCUT2D eigenvalue weighted by Crippen LogP contribution is 2.35. The molecule has 0 unspecified atom stereocenters. The fraction of sp³-hybridized carbons (Fsp3) is 0.188. The van der Waals surface area contributed by atoms with Crippen LogP contribution in [-0.2, 0) is 14.8 Å². The van der Waals surface area contributed by atoms with Crippen LogP contribution < -0.4 is 13.8 Å². The zero-order chi connectivity index (χ0) is 18.6. The second-order valence-electron chi connectivity index (χ2n) is 4.86. The highest BCUT2D eigenvalue weighted by atomic mass is 79.9. The summed E-state index contributed by atoms with van der Waals surface area (Å²) >= 11 is 8.73. The number of methoxy groups -OCH3 is 2. The predicted molar refractivity (Wildman–Crippen MR) is 99.1 cm³/mol. The molecule has 0 radical (unpaired) electrons. The van der Waals surface area contributed by atoms with E-state index in [4.69, 9.17) is 21.1 Å². The fourth-order valence-electron chi connectivity index (χ4n) is 2.14. The summed E-state index contributed by atoms with van der Waals surface area (Å²) in [5, 5.41) is -0.821. The van der Waals surface area contributed by atoms with Crippen molar-refractivity contribution in [2.75, 3.05) is 25.1 Å². The van der Waals surface area contributed by atoms with Crippen molar-refractivity contribution in [3.63, 3.8) is 0 Å². The summed E-state index contributed by atoms with van der Waals surface area (Å²) < 4.78 is 38.0. The van der Waals surface area contributed by atoms with Crippen LogP contribution in [0, 0.1) is 0 Å². The standard InChI is InChI=1S/C16H15BrClNO5S/c1-23-12-5-8-14(15(9-12)24-2)19(10-16(18)20)25(21,22)13-6-3-11(17)4-7-13/h3-9H,10H2,1-2H3. The van der Waals surface area contributed by atoms with Gasteiger partial charge in [-0.25, -0.2) is 8.42 Å². The number of anilines is 1. The Kier molecular flexibility index (Phi) is 6.31. The highest BCUT2D eigenvalue weighted by molar-refractivity contribution is 9.10. The Balaban J connectivity index is 2.60. The summed E-state index contributed by atoms with van der Waals surface area (Å²) in [6.07, 6.45) is 0. The van der Waals surface area contributed by atoms with Gasteiger partial charge in [-0.2, -0.15) is 0 Å². The third-order valence-electron chi connectivity index (χ3n) is 3.33. The van der Waals surface area contributed by atoms with Gasteiger partial charge in [0.25, 0.3) is 10.0 Å². The van der Waals surface area contributed by atoms with Crippen LogP contribution in [0.5, 0.6) is 11.5 Å². The van der Waals surface area contributed by atoms with Crippen LogP contribution in [0.25, 0.3) is 0 Å². The molecule has 2 rings (SSSR count). The van der Waals surface area contributed by atoms with Crippen LogP contribution in [0.15, 0.2) is 51.8 Å². The lowest BCUT2D eigenvalue weighted by molar-refractivity contribution is -0.110. The second-order valence-corrected chi connectivity index (χ2v) is 8.06. The average Bonchev–Trinajstić information content (AvgIpc) is 2.59. The van der Waals surface area contributed by atoms with Gasteiger partial charge in [-0.15, -0.1) is 0 Å². The molecule has 0 saturated carbocycles. The van der Waals surface area contributed by atoms with Gasteiger partial charge in [0.2, 0.25) is 5.24 Å². The minimum absolute atomic E-state index is 0.0199. The van der Waals surface area contributed by atoms with Crippen molar-refractivity contribution >= 4 is 48.5 Å². The minimum atomic E-state index is -4.03. The Morgan fingerprint density at radius 2 is 1.76 bits per heavy atom. The number of carbonyl (C=O) groups is 1. The molecule has 25 heavy (non-hydrogen) atoms. The van der Waals surface area contributed by atoms with Crippen molar-refractivity contribution in [2.24, 2.45) is 0 Å². The first kappa shape index (κ1) is 19.6. The monoisotopic (exact) mass is 447 g/mol. The molecule has 134 valence electrons. The van der Waals surface area contributed by atoms with E-state index >= 15 is 0 Å². The number of ether oxygens (including phenoxy) is 2. The van der Waals surface area contributed by atoms with Gasteiger partial charge in [-0.3, -0.25) is 9.10 Å². The van der Waals surface area contributed by atoms with Gasteiger partial charge < -0.3 is 9.47 Å². The van der Waals surface area contributed by atoms with Crippen molar-refractivity contribution in [3.05, 3.63) is 46.9 Å². The van der Waals surface area contributed by atoms with Gasteiger partial charge in [0.1, 0.15) is 18.0 Å². The van der Waals surface area contributed by atoms with Crippen molar-refractivity contribution in [2.45, 2.75) is 4.90 Å². The Hall–Kier alpha value is -1.77. The van der Waals surface area contributed by atoms with E-state index in [1.165, 1.54) is 38.5 Å².